The predicted molar refractivity (Wildman–Crippen MR) is 35.5 cm³/mol. The summed E-state index contributed by atoms with van der Waals surface area (Å²) in [7, 11) is 0. The van der Waals surface area contributed by atoms with Crippen LogP contribution in [0.25, 0.3) is 0 Å². The summed E-state index contributed by atoms with van der Waals surface area (Å²) < 4.78 is 0. The maximum Gasteiger partial charge on any atom is 0.0267 e. The summed E-state index contributed by atoms with van der Waals surface area (Å²) in [5.74, 6) is 0. The maximum absolute atomic E-state index is 7.57. The molecular weight excluding hydrogens is 241 g/mol. The fourth-order valence-electron chi connectivity index (χ4n) is 0.328. The second-order valence-corrected chi connectivity index (χ2v) is 1.93. The van der Waals surface area contributed by atoms with Crippen molar-refractivity contribution in [1.82, 2.24) is 4.98 Å². The van der Waals surface area contributed by atoms with E-state index in [0.29, 0.717) is 14.4 Å². The fourth-order valence-corrected chi connectivity index (χ4v) is 0.378. The van der Waals surface area contributed by atoms with E-state index < -0.39 is 0 Å². The van der Waals surface area contributed by atoms with Crippen LogP contribution in [-0.4, -0.2) is 4.98 Å². The molecule has 0 aliphatic heterocycles. The van der Waals surface area contributed by atoms with Crippen LogP contribution in [0.15, 0.2) is 30.6 Å². The van der Waals surface area contributed by atoms with E-state index >= 15 is 0 Å². The Kier molecular flexibility index (Phi) is 14.6. The van der Waals surface area contributed by atoms with Gasteiger partial charge in [-0.2, -0.15) is 0 Å². The van der Waals surface area contributed by atoms with Gasteiger partial charge in [0.25, 0.3) is 0 Å². The Balaban J connectivity index is 0. The molecule has 0 saturated carbocycles. The van der Waals surface area contributed by atoms with Crippen molar-refractivity contribution in [3.05, 3.63) is 30.6 Å². The molecule has 12 heavy (non-hydrogen) atoms. The maximum atomic E-state index is 7.57. The molecule has 0 aliphatic rings. The van der Waals surface area contributed by atoms with Gasteiger partial charge in [-0.3, -0.25) is 4.98 Å². The number of hydrogen-bond acceptors (Lipinski definition) is 3. The van der Waals surface area contributed by atoms with E-state index in [4.69, 9.17) is 10.5 Å². The summed E-state index contributed by atoms with van der Waals surface area (Å²) in [6, 6.07) is 5.72. The topological polar surface area (TPSA) is 60.5 Å². The molecular formula is C7H5FeN3Ni. The summed E-state index contributed by atoms with van der Waals surface area (Å²) in [5.41, 5.74) is 0. The van der Waals surface area contributed by atoms with Crippen LogP contribution >= 0.6 is 0 Å². The molecule has 0 atom stereocenters. The largest absolute Gasteiger partial charge is 0.265 e. The van der Waals surface area contributed by atoms with Gasteiger partial charge >= 0.3 is 35.0 Å². The first-order valence-electron chi connectivity index (χ1n) is 2.61. The van der Waals surface area contributed by atoms with E-state index in [0.717, 1.165) is 0 Å². The quantitative estimate of drug-likeness (QED) is 0.644. The molecule has 0 radical (unpaired) electrons. The Bertz CT molecular complexity index is 213. The number of pyridine rings is 1. The van der Waals surface area contributed by atoms with Crippen LogP contribution < -0.4 is 0 Å². The van der Waals surface area contributed by atoms with Crippen LogP contribution in [0.4, 0.5) is 0 Å². The summed E-state index contributed by atoms with van der Waals surface area (Å²) >= 11 is 0.431. The first-order valence-corrected chi connectivity index (χ1v) is 3.60. The Morgan fingerprint density at radius 1 is 1.00 bits per heavy atom. The van der Waals surface area contributed by atoms with Crippen LogP contribution in [0, 0.1) is 20.6 Å². The molecule has 0 saturated heterocycles. The van der Waals surface area contributed by atoms with Crippen molar-refractivity contribution in [2.24, 2.45) is 0 Å². The van der Waals surface area contributed by atoms with Crippen molar-refractivity contribution in [2.75, 3.05) is 0 Å². The van der Waals surface area contributed by atoms with E-state index in [-0.39, 0.29) is 17.1 Å². The summed E-state index contributed by atoms with van der Waals surface area (Å²) in [5, 5.41) is 18.3. The van der Waals surface area contributed by atoms with E-state index in [2.05, 4.69) is 4.98 Å². The van der Waals surface area contributed by atoms with Gasteiger partial charge in [0.05, 0.1) is 0 Å². The predicted octanol–water partition coefficient (Wildman–Crippen LogP) is 1.11. The van der Waals surface area contributed by atoms with E-state index in [9.17, 15) is 0 Å². The van der Waals surface area contributed by atoms with E-state index in [1.54, 1.807) is 22.5 Å². The van der Waals surface area contributed by atoms with Crippen molar-refractivity contribution in [2.45, 2.75) is 0 Å². The summed E-state index contributed by atoms with van der Waals surface area (Å²) in [6.45, 7) is 0. The number of nitriles is 2. The molecule has 0 aromatic carbocycles. The Morgan fingerprint density at radius 3 is 1.58 bits per heavy atom. The van der Waals surface area contributed by atoms with Crippen LogP contribution in [0.3, 0.4) is 0 Å². The molecule has 0 unspecified atom stereocenters. The van der Waals surface area contributed by atoms with Crippen LogP contribution in [0.2, 0.25) is 0 Å². The van der Waals surface area contributed by atoms with Gasteiger partial charge in [-0.15, -0.1) is 0 Å². The monoisotopic (exact) mass is 245 g/mol. The first-order chi connectivity index (χ1) is 5.41. The van der Waals surface area contributed by atoms with Crippen LogP contribution in [-0.2, 0) is 31.5 Å². The van der Waals surface area contributed by atoms with Crippen molar-refractivity contribution in [3.8, 4) is 10.1 Å². The fraction of sp³-hybridized carbons (Fsp3) is 0. The Hall–Kier alpha value is -0.857. The molecule has 0 N–H and O–H groups in total. The minimum atomic E-state index is 0. The molecule has 0 aliphatic carbocycles. The van der Waals surface area contributed by atoms with E-state index in [1.165, 1.54) is 0 Å². The summed E-state index contributed by atoms with van der Waals surface area (Å²) in [4.78, 5) is 3.78. The molecule has 5 heteroatoms. The van der Waals surface area contributed by atoms with Crippen molar-refractivity contribution in [1.29, 1.82) is 10.5 Å². The molecule has 0 amide bonds. The number of hydrogen-bond donors (Lipinski definition) is 0. The Morgan fingerprint density at radius 2 is 1.50 bits per heavy atom. The third-order valence-corrected chi connectivity index (χ3v) is 0.858. The van der Waals surface area contributed by atoms with E-state index in [1.807, 2.05) is 18.2 Å². The first kappa shape index (κ1) is 13.7. The minimum Gasteiger partial charge on any atom is -0.265 e. The third kappa shape index (κ3) is 11.9. The van der Waals surface area contributed by atoms with Crippen molar-refractivity contribution >= 4 is 0 Å². The molecule has 1 rings (SSSR count). The molecule has 1 heterocycles. The molecule has 0 bridgehead atoms. The SMILES string of the molecule is N#[C][Ni][C]#N.[Fe].c1ccncc1. The average molecular weight is 246 g/mol. The molecule has 3 nitrogen and oxygen atoms in total. The third-order valence-electron chi connectivity index (χ3n) is 0.637. The molecule has 1 aromatic rings. The van der Waals surface area contributed by atoms with Gasteiger partial charge in [0.2, 0.25) is 0 Å². The van der Waals surface area contributed by atoms with Crippen molar-refractivity contribution < 1.29 is 31.5 Å². The number of rotatable bonds is 0. The molecule has 0 fully saturated rings. The van der Waals surface area contributed by atoms with Crippen LogP contribution in [0.1, 0.15) is 0 Å². The smallest absolute Gasteiger partial charge is 0.0267 e. The summed E-state index contributed by atoms with van der Waals surface area (Å²) in [6.07, 6.45) is 3.50. The molecule has 1 aromatic heterocycles. The normalized spacial score (nSPS) is 6.17. The van der Waals surface area contributed by atoms with Gasteiger partial charge in [0.1, 0.15) is 0 Å². The van der Waals surface area contributed by atoms with Gasteiger partial charge in [0, 0.05) is 29.5 Å². The Labute approximate surface area is 87.7 Å². The molecule has 0 spiro atoms. The van der Waals surface area contributed by atoms with Gasteiger partial charge in [-0.1, -0.05) is 6.07 Å². The van der Waals surface area contributed by atoms with Gasteiger partial charge in [0.15, 0.2) is 0 Å². The second-order valence-electron chi connectivity index (χ2n) is 1.25. The van der Waals surface area contributed by atoms with Gasteiger partial charge < -0.3 is 0 Å². The standard InChI is InChI=1S/C5H5N.2CN.Fe.Ni/c1-2-4-6-5-3-1;2*1-2;;/h1-5H;;;;. The zero-order chi connectivity index (χ0) is 8.36. The number of nitrogens with zero attached hydrogens (tertiary/aromatic N) is 3. The van der Waals surface area contributed by atoms with Crippen LogP contribution in [0.5, 0.6) is 0 Å². The second kappa shape index (κ2) is 12.8. The zero-order valence-electron chi connectivity index (χ0n) is 5.90. The average Bonchev–Trinajstić information content (AvgIpc) is 2.10. The molecule has 66 valence electrons. The van der Waals surface area contributed by atoms with Crippen molar-refractivity contribution in [3.63, 3.8) is 0 Å². The zero-order valence-corrected chi connectivity index (χ0v) is 7.99. The minimum absolute atomic E-state index is 0. The van der Waals surface area contributed by atoms with Gasteiger partial charge in [-0.25, -0.2) is 0 Å². The van der Waals surface area contributed by atoms with Gasteiger partial charge in [-0.05, 0) is 12.1 Å². The number of aromatic nitrogens is 1.